The lowest BCUT2D eigenvalue weighted by Gasteiger charge is -2.10. The molecule has 0 aliphatic rings. The molecular weight excluding hydrogens is 285 g/mol. The molecule has 2 aromatic rings. The van der Waals surface area contributed by atoms with Gasteiger partial charge in [0.05, 0.1) is 4.92 Å². The average Bonchev–Trinajstić information content (AvgIpc) is 2.87. The highest BCUT2D eigenvalue weighted by molar-refractivity contribution is 5.46. The number of methoxy groups -OCH3 is 1. The van der Waals surface area contributed by atoms with Crippen LogP contribution in [0.2, 0.25) is 0 Å². The third-order valence-electron chi connectivity index (χ3n) is 2.53. The van der Waals surface area contributed by atoms with E-state index in [1.165, 1.54) is 7.11 Å². The van der Waals surface area contributed by atoms with Crippen molar-refractivity contribution in [2.45, 2.75) is 19.6 Å². The summed E-state index contributed by atoms with van der Waals surface area (Å²) in [7, 11) is 1.48. The lowest BCUT2D eigenvalue weighted by atomic mass is 10.3. The van der Waals surface area contributed by atoms with Crippen molar-refractivity contribution in [2.75, 3.05) is 7.11 Å². The number of nitro groups is 1. The van der Waals surface area contributed by atoms with Gasteiger partial charge in [0.2, 0.25) is 5.75 Å². The Hall–Kier alpha value is -2.55. The number of benzene rings is 1. The van der Waals surface area contributed by atoms with Crippen LogP contribution in [-0.2, 0) is 11.3 Å². The first-order chi connectivity index (χ1) is 10.0. The Kier molecular flexibility index (Phi) is 4.43. The molecule has 0 radical (unpaired) electrons. The summed E-state index contributed by atoms with van der Waals surface area (Å²) in [5.41, 5.74) is -0.347. The average molecular weight is 297 g/mol. The van der Waals surface area contributed by atoms with Crippen LogP contribution in [0.25, 0.3) is 0 Å². The third-order valence-corrected chi connectivity index (χ3v) is 2.53. The fourth-order valence-corrected chi connectivity index (χ4v) is 1.59. The fourth-order valence-electron chi connectivity index (χ4n) is 1.59. The maximum atomic E-state index is 13.2. The predicted octanol–water partition coefficient (Wildman–Crippen LogP) is 2.40. The SMILES string of the molecule is COCc1noc(C(C)Oc2cc(F)ccc2[N+](=O)[O-])n1. The van der Waals surface area contributed by atoms with E-state index in [9.17, 15) is 14.5 Å². The van der Waals surface area contributed by atoms with Crippen molar-refractivity contribution in [3.8, 4) is 5.75 Å². The molecule has 21 heavy (non-hydrogen) atoms. The zero-order chi connectivity index (χ0) is 15.4. The highest BCUT2D eigenvalue weighted by Gasteiger charge is 2.22. The van der Waals surface area contributed by atoms with E-state index < -0.39 is 16.8 Å². The molecule has 0 amide bonds. The number of aromatic nitrogens is 2. The van der Waals surface area contributed by atoms with Crippen LogP contribution in [0.5, 0.6) is 5.75 Å². The van der Waals surface area contributed by atoms with Crippen LogP contribution in [-0.4, -0.2) is 22.2 Å². The molecule has 0 aliphatic carbocycles. The second-order valence-electron chi connectivity index (χ2n) is 4.11. The second kappa shape index (κ2) is 6.27. The van der Waals surface area contributed by atoms with Gasteiger partial charge in [-0.2, -0.15) is 4.98 Å². The molecule has 8 nitrogen and oxygen atoms in total. The molecule has 1 aromatic heterocycles. The third kappa shape index (κ3) is 3.51. The fraction of sp³-hybridized carbons (Fsp3) is 0.333. The van der Waals surface area contributed by atoms with Crippen molar-refractivity contribution in [2.24, 2.45) is 0 Å². The Morgan fingerprint density at radius 2 is 2.29 bits per heavy atom. The minimum Gasteiger partial charge on any atom is -0.474 e. The van der Waals surface area contributed by atoms with Crippen LogP contribution in [0.4, 0.5) is 10.1 Å². The monoisotopic (exact) mass is 297 g/mol. The van der Waals surface area contributed by atoms with E-state index in [0.29, 0.717) is 5.82 Å². The topological polar surface area (TPSA) is 101 Å². The van der Waals surface area contributed by atoms with Gasteiger partial charge in [-0.3, -0.25) is 10.1 Å². The Bertz CT molecular complexity index is 646. The standard InChI is InChI=1S/C12H12FN3O5/c1-7(12-14-11(6-19-2)15-21-12)20-10-5-8(13)3-4-9(10)16(17)18/h3-5,7H,6H2,1-2H3. The molecule has 0 N–H and O–H groups in total. The zero-order valence-corrected chi connectivity index (χ0v) is 11.3. The molecular formula is C12H12FN3O5. The second-order valence-corrected chi connectivity index (χ2v) is 4.11. The van der Waals surface area contributed by atoms with Crippen molar-refractivity contribution in [3.05, 3.63) is 45.8 Å². The van der Waals surface area contributed by atoms with Crippen molar-refractivity contribution in [1.82, 2.24) is 10.1 Å². The van der Waals surface area contributed by atoms with Crippen LogP contribution in [0, 0.1) is 15.9 Å². The first-order valence-corrected chi connectivity index (χ1v) is 5.93. The van der Waals surface area contributed by atoms with Gasteiger partial charge in [-0.25, -0.2) is 4.39 Å². The summed E-state index contributed by atoms with van der Waals surface area (Å²) in [6.45, 7) is 1.72. The molecule has 0 spiro atoms. The zero-order valence-electron chi connectivity index (χ0n) is 11.3. The van der Waals surface area contributed by atoms with Gasteiger partial charge in [-0.15, -0.1) is 0 Å². The molecule has 1 heterocycles. The van der Waals surface area contributed by atoms with E-state index in [1.54, 1.807) is 6.92 Å². The summed E-state index contributed by atoms with van der Waals surface area (Å²) in [6, 6.07) is 2.95. The Morgan fingerprint density at radius 3 is 2.95 bits per heavy atom. The molecule has 2 rings (SSSR count). The van der Waals surface area contributed by atoms with E-state index in [4.69, 9.17) is 14.0 Å². The molecule has 0 bridgehead atoms. The number of nitro benzene ring substituents is 1. The van der Waals surface area contributed by atoms with Crippen molar-refractivity contribution >= 4 is 5.69 Å². The number of halogens is 1. The smallest absolute Gasteiger partial charge is 0.311 e. The van der Waals surface area contributed by atoms with Crippen LogP contribution in [0.3, 0.4) is 0 Å². The Labute approximate surface area is 118 Å². The summed E-state index contributed by atoms with van der Waals surface area (Å²) in [4.78, 5) is 14.2. The largest absolute Gasteiger partial charge is 0.474 e. The van der Waals surface area contributed by atoms with E-state index in [-0.39, 0.29) is 23.9 Å². The molecule has 0 fully saturated rings. The maximum absolute atomic E-state index is 13.2. The predicted molar refractivity (Wildman–Crippen MR) is 67.1 cm³/mol. The molecule has 112 valence electrons. The molecule has 9 heteroatoms. The van der Waals surface area contributed by atoms with E-state index >= 15 is 0 Å². The molecule has 0 saturated heterocycles. The van der Waals surface area contributed by atoms with Crippen LogP contribution >= 0.6 is 0 Å². The van der Waals surface area contributed by atoms with Crippen molar-refractivity contribution < 1.29 is 23.3 Å². The van der Waals surface area contributed by atoms with Gasteiger partial charge in [0.1, 0.15) is 12.4 Å². The summed E-state index contributed by atoms with van der Waals surface area (Å²) >= 11 is 0. The van der Waals surface area contributed by atoms with Gasteiger partial charge in [0.15, 0.2) is 11.9 Å². The first-order valence-electron chi connectivity index (χ1n) is 5.93. The molecule has 1 unspecified atom stereocenters. The summed E-state index contributed by atoms with van der Waals surface area (Å²) in [6.07, 6.45) is -0.774. The van der Waals surface area contributed by atoms with Crippen LogP contribution in [0.15, 0.2) is 22.7 Å². The quantitative estimate of drug-likeness (QED) is 0.596. The normalized spacial score (nSPS) is 12.1. The Balaban J connectivity index is 2.20. The number of ether oxygens (including phenoxy) is 2. The van der Waals surface area contributed by atoms with Gasteiger partial charge in [-0.1, -0.05) is 5.16 Å². The van der Waals surface area contributed by atoms with Crippen LogP contribution < -0.4 is 4.74 Å². The van der Waals surface area contributed by atoms with E-state index in [2.05, 4.69) is 10.1 Å². The lowest BCUT2D eigenvalue weighted by molar-refractivity contribution is -0.386. The van der Waals surface area contributed by atoms with Gasteiger partial charge in [0.25, 0.3) is 5.89 Å². The number of hydrogen-bond acceptors (Lipinski definition) is 7. The molecule has 1 atom stereocenters. The highest BCUT2D eigenvalue weighted by Crippen LogP contribution is 2.31. The number of hydrogen-bond donors (Lipinski definition) is 0. The summed E-state index contributed by atoms with van der Waals surface area (Å²) < 4.78 is 28.3. The van der Waals surface area contributed by atoms with E-state index in [0.717, 1.165) is 18.2 Å². The Morgan fingerprint density at radius 1 is 1.52 bits per heavy atom. The van der Waals surface area contributed by atoms with Crippen molar-refractivity contribution in [1.29, 1.82) is 0 Å². The molecule has 1 aromatic carbocycles. The van der Waals surface area contributed by atoms with Crippen molar-refractivity contribution in [3.63, 3.8) is 0 Å². The minimum atomic E-state index is -0.774. The maximum Gasteiger partial charge on any atom is 0.311 e. The summed E-state index contributed by atoms with van der Waals surface area (Å²) in [5, 5.41) is 14.5. The lowest BCUT2D eigenvalue weighted by Crippen LogP contribution is -2.06. The van der Waals surface area contributed by atoms with Gasteiger partial charge >= 0.3 is 5.69 Å². The van der Waals surface area contributed by atoms with Gasteiger partial charge in [-0.05, 0) is 13.0 Å². The van der Waals surface area contributed by atoms with E-state index in [1.807, 2.05) is 0 Å². The summed E-state index contributed by atoms with van der Waals surface area (Å²) in [5.74, 6) is -0.426. The van der Waals surface area contributed by atoms with Gasteiger partial charge < -0.3 is 14.0 Å². The first kappa shape index (κ1) is 14.9. The molecule has 0 aliphatic heterocycles. The molecule has 0 saturated carbocycles. The van der Waals surface area contributed by atoms with Crippen LogP contribution in [0.1, 0.15) is 24.7 Å². The van der Waals surface area contributed by atoms with Gasteiger partial charge in [0, 0.05) is 19.2 Å². The highest BCUT2D eigenvalue weighted by atomic mass is 19.1. The number of rotatable bonds is 6. The minimum absolute atomic E-state index is 0.112. The number of nitrogens with zero attached hydrogens (tertiary/aromatic N) is 3.